The number of hydrogen-bond acceptors (Lipinski definition) is 4. The SMILES string of the molecule is CC(C)(CO)[C@@H](N)c1ccc(Cl)c([N+](=O)[O-])c1.Cl. The summed E-state index contributed by atoms with van der Waals surface area (Å²) in [6, 6.07) is 3.94. The Bertz CT molecular complexity index is 438. The van der Waals surface area contributed by atoms with Gasteiger partial charge in [0.2, 0.25) is 0 Å². The highest BCUT2D eigenvalue weighted by atomic mass is 35.5. The van der Waals surface area contributed by atoms with Gasteiger partial charge in [-0.3, -0.25) is 10.1 Å². The molecule has 0 saturated carbocycles. The molecular weight excluding hydrogens is 279 g/mol. The molecule has 0 amide bonds. The van der Waals surface area contributed by atoms with Crippen molar-refractivity contribution in [1.29, 1.82) is 0 Å². The fraction of sp³-hybridized carbons (Fsp3) is 0.455. The van der Waals surface area contributed by atoms with Gasteiger partial charge in [0.1, 0.15) is 5.02 Å². The van der Waals surface area contributed by atoms with Crippen LogP contribution in [0.5, 0.6) is 0 Å². The molecule has 7 heteroatoms. The number of rotatable bonds is 4. The Hall–Kier alpha value is -0.880. The molecule has 0 aliphatic heterocycles. The zero-order valence-corrected chi connectivity index (χ0v) is 11.7. The molecule has 3 N–H and O–H groups in total. The normalized spacial score (nSPS) is 12.7. The lowest BCUT2D eigenvalue weighted by Crippen LogP contribution is -2.32. The van der Waals surface area contributed by atoms with Crippen LogP contribution >= 0.6 is 24.0 Å². The molecule has 0 radical (unpaired) electrons. The highest BCUT2D eigenvalue weighted by Gasteiger charge is 2.28. The average molecular weight is 295 g/mol. The first-order valence-electron chi connectivity index (χ1n) is 5.10. The number of halogens is 2. The Morgan fingerprint density at radius 2 is 2.11 bits per heavy atom. The second-order valence-corrected chi connectivity index (χ2v) is 5.00. The number of benzene rings is 1. The van der Waals surface area contributed by atoms with Crippen LogP contribution in [-0.2, 0) is 0 Å². The minimum absolute atomic E-state index is 0. The quantitative estimate of drug-likeness (QED) is 0.660. The number of nitro groups is 1. The molecule has 102 valence electrons. The molecule has 0 aliphatic carbocycles. The highest BCUT2D eigenvalue weighted by Crippen LogP contribution is 2.34. The molecule has 1 aromatic rings. The molecule has 1 rings (SSSR count). The van der Waals surface area contributed by atoms with E-state index in [2.05, 4.69) is 0 Å². The molecule has 0 heterocycles. The average Bonchev–Trinajstić information content (AvgIpc) is 2.28. The third kappa shape index (κ3) is 3.55. The minimum Gasteiger partial charge on any atom is -0.396 e. The van der Waals surface area contributed by atoms with Crippen molar-refractivity contribution in [3.05, 3.63) is 38.9 Å². The summed E-state index contributed by atoms with van der Waals surface area (Å²) in [7, 11) is 0. The summed E-state index contributed by atoms with van der Waals surface area (Å²) in [4.78, 5) is 10.2. The number of aliphatic hydroxyl groups is 1. The van der Waals surface area contributed by atoms with Crippen LogP contribution < -0.4 is 5.73 Å². The van der Waals surface area contributed by atoms with Gasteiger partial charge in [0.25, 0.3) is 5.69 Å². The van der Waals surface area contributed by atoms with Gasteiger partial charge in [0, 0.05) is 24.1 Å². The maximum Gasteiger partial charge on any atom is 0.288 e. The largest absolute Gasteiger partial charge is 0.396 e. The first-order chi connectivity index (χ1) is 7.79. The first-order valence-corrected chi connectivity index (χ1v) is 5.47. The summed E-state index contributed by atoms with van der Waals surface area (Å²) in [6.45, 7) is 3.47. The van der Waals surface area contributed by atoms with Gasteiger partial charge in [0.05, 0.1) is 4.92 Å². The van der Waals surface area contributed by atoms with Gasteiger partial charge in [-0.15, -0.1) is 12.4 Å². The lowest BCUT2D eigenvalue weighted by molar-refractivity contribution is -0.384. The smallest absolute Gasteiger partial charge is 0.288 e. The maximum absolute atomic E-state index is 10.7. The van der Waals surface area contributed by atoms with E-state index in [0.29, 0.717) is 5.56 Å². The molecule has 1 aromatic carbocycles. The van der Waals surface area contributed by atoms with Crippen LogP contribution in [0.3, 0.4) is 0 Å². The number of nitrogens with two attached hydrogens (primary N) is 1. The lowest BCUT2D eigenvalue weighted by Gasteiger charge is -2.29. The fourth-order valence-corrected chi connectivity index (χ4v) is 1.60. The summed E-state index contributed by atoms with van der Waals surface area (Å²) in [5.74, 6) is 0. The monoisotopic (exact) mass is 294 g/mol. The van der Waals surface area contributed by atoms with Gasteiger partial charge in [-0.25, -0.2) is 0 Å². The topological polar surface area (TPSA) is 89.4 Å². The predicted octanol–water partition coefficient (Wildman–Crippen LogP) is 2.69. The predicted molar refractivity (Wildman–Crippen MR) is 73.1 cm³/mol. The van der Waals surface area contributed by atoms with Crippen LogP contribution in [0, 0.1) is 15.5 Å². The minimum atomic E-state index is -0.554. The molecule has 0 bridgehead atoms. The Balaban J connectivity index is 0.00000289. The molecule has 0 spiro atoms. The summed E-state index contributed by atoms with van der Waals surface area (Å²) in [5.41, 5.74) is 5.83. The van der Waals surface area contributed by atoms with Crippen LogP contribution in [0.25, 0.3) is 0 Å². The van der Waals surface area contributed by atoms with Crippen molar-refractivity contribution >= 4 is 29.7 Å². The number of nitrogens with zero attached hydrogens (tertiary/aromatic N) is 1. The van der Waals surface area contributed by atoms with Crippen molar-refractivity contribution in [3.63, 3.8) is 0 Å². The Kier molecular flexibility index (Phi) is 6.02. The second kappa shape index (κ2) is 6.33. The zero-order valence-electron chi connectivity index (χ0n) is 10.1. The molecule has 0 aromatic heterocycles. The van der Waals surface area contributed by atoms with Crippen molar-refractivity contribution in [2.24, 2.45) is 11.1 Å². The van der Waals surface area contributed by atoms with Gasteiger partial charge in [-0.05, 0) is 11.6 Å². The van der Waals surface area contributed by atoms with E-state index < -0.39 is 16.4 Å². The second-order valence-electron chi connectivity index (χ2n) is 4.59. The zero-order chi connectivity index (χ0) is 13.2. The Morgan fingerprint density at radius 3 is 2.56 bits per heavy atom. The van der Waals surface area contributed by atoms with Gasteiger partial charge in [-0.2, -0.15) is 0 Å². The van der Waals surface area contributed by atoms with E-state index in [1.54, 1.807) is 19.9 Å². The van der Waals surface area contributed by atoms with Crippen molar-refractivity contribution in [2.45, 2.75) is 19.9 Å². The third-order valence-electron chi connectivity index (χ3n) is 2.78. The van der Waals surface area contributed by atoms with E-state index in [-0.39, 0.29) is 29.7 Å². The van der Waals surface area contributed by atoms with E-state index in [9.17, 15) is 15.2 Å². The third-order valence-corrected chi connectivity index (χ3v) is 3.10. The molecule has 0 unspecified atom stereocenters. The molecule has 1 atom stereocenters. The van der Waals surface area contributed by atoms with Crippen molar-refractivity contribution < 1.29 is 10.0 Å². The number of hydrogen-bond donors (Lipinski definition) is 2. The number of nitro benzene ring substituents is 1. The van der Waals surface area contributed by atoms with E-state index in [1.165, 1.54) is 12.1 Å². The van der Waals surface area contributed by atoms with Gasteiger partial charge >= 0.3 is 0 Å². The highest BCUT2D eigenvalue weighted by molar-refractivity contribution is 6.32. The van der Waals surface area contributed by atoms with Crippen LogP contribution in [0.4, 0.5) is 5.69 Å². The summed E-state index contributed by atoms with van der Waals surface area (Å²) in [6.07, 6.45) is 0. The van der Waals surface area contributed by atoms with Gasteiger partial charge < -0.3 is 10.8 Å². The first kappa shape index (κ1) is 17.1. The van der Waals surface area contributed by atoms with Crippen molar-refractivity contribution in [3.8, 4) is 0 Å². The van der Waals surface area contributed by atoms with Crippen molar-refractivity contribution in [1.82, 2.24) is 0 Å². The van der Waals surface area contributed by atoms with Crippen LogP contribution in [0.2, 0.25) is 5.02 Å². The number of aliphatic hydroxyl groups excluding tert-OH is 1. The summed E-state index contributed by atoms with van der Waals surface area (Å²) in [5, 5.41) is 20.0. The van der Waals surface area contributed by atoms with E-state index in [1.807, 2.05) is 0 Å². The van der Waals surface area contributed by atoms with E-state index in [4.69, 9.17) is 17.3 Å². The molecule has 5 nitrogen and oxygen atoms in total. The Labute approximate surface area is 116 Å². The molecular formula is C11H16Cl2N2O3. The van der Waals surface area contributed by atoms with Crippen LogP contribution in [-0.4, -0.2) is 16.6 Å². The standard InChI is InChI=1S/C11H15ClN2O3.ClH/c1-11(2,6-15)10(13)7-3-4-8(12)9(5-7)14(16)17;/h3-5,10,15H,6,13H2,1-2H3;1H/t10-;/m0./s1. The van der Waals surface area contributed by atoms with Crippen molar-refractivity contribution in [2.75, 3.05) is 6.61 Å². The molecule has 0 aliphatic rings. The van der Waals surface area contributed by atoms with Crippen LogP contribution in [0.15, 0.2) is 18.2 Å². The van der Waals surface area contributed by atoms with E-state index >= 15 is 0 Å². The molecule has 18 heavy (non-hydrogen) atoms. The van der Waals surface area contributed by atoms with Crippen LogP contribution in [0.1, 0.15) is 25.5 Å². The van der Waals surface area contributed by atoms with E-state index in [0.717, 1.165) is 0 Å². The maximum atomic E-state index is 10.7. The molecule has 0 saturated heterocycles. The fourth-order valence-electron chi connectivity index (χ4n) is 1.41. The summed E-state index contributed by atoms with van der Waals surface area (Å²) >= 11 is 5.71. The summed E-state index contributed by atoms with van der Waals surface area (Å²) < 4.78 is 0. The van der Waals surface area contributed by atoms with Gasteiger partial charge in [0.15, 0.2) is 0 Å². The molecule has 0 fully saturated rings. The van der Waals surface area contributed by atoms with Gasteiger partial charge in [-0.1, -0.05) is 31.5 Å². The lowest BCUT2D eigenvalue weighted by atomic mass is 9.82. The Morgan fingerprint density at radius 1 is 1.56 bits per heavy atom.